The van der Waals surface area contributed by atoms with Gasteiger partial charge in [-0.25, -0.2) is 13.2 Å². The van der Waals surface area contributed by atoms with E-state index in [1.807, 2.05) is 66.7 Å². The number of carbonyl (C=O) groups excluding carboxylic acids is 1. The molecule has 6 aromatic rings. The van der Waals surface area contributed by atoms with Crippen molar-refractivity contribution in [3.63, 3.8) is 0 Å². The molecule has 0 saturated carbocycles. The van der Waals surface area contributed by atoms with Gasteiger partial charge in [-0.1, -0.05) is 60.7 Å². The van der Waals surface area contributed by atoms with E-state index < -0.39 is 23.5 Å². The normalized spacial score (nSPS) is 11.9. The van der Waals surface area contributed by atoms with Crippen molar-refractivity contribution < 1.29 is 18.0 Å². The maximum absolute atomic E-state index is 14.1. The van der Waals surface area contributed by atoms with Crippen molar-refractivity contribution in [2.24, 2.45) is 0 Å². The smallest absolute Gasteiger partial charge is 0.225 e. The zero-order chi connectivity index (χ0) is 29.1. The van der Waals surface area contributed by atoms with Gasteiger partial charge in [0.2, 0.25) is 5.91 Å². The van der Waals surface area contributed by atoms with E-state index in [4.69, 9.17) is 0 Å². The number of aromatic amines is 1. The van der Waals surface area contributed by atoms with Crippen LogP contribution in [0.25, 0.3) is 33.2 Å². The number of halogens is 3. The number of nitrogens with one attached hydrogen (secondary N) is 2. The Kier molecular flexibility index (Phi) is 7.56. The van der Waals surface area contributed by atoms with Gasteiger partial charge in [-0.3, -0.25) is 9.78 Å². The highest BCUT2D eigenvalue weighted by Crippen LogP contribution is 2.31. The van der Waals surface area contributed by atoms with Gasteiger partial charge in [0.1, 0.15) is 17.5 Å². The summed E-state index contributed by atoms with van der Waals surface area (Å²) in [7, 11) is 0. The molecule has 0 saturated heterocycles. The summed E-state index contributed by atoms with van der Waals surface area (Å²) in [6, 6.07) is 28.7. The fraction of sp³-hybridized carbons (Fsp3) is 0.0857. The first-order chi connectivity index (χ1) is 20.4. The Morgan fingerprint density at radius 3 is 2.24 bits per heavy atom. The number of benzene rings is 4. The SMILES string of the molecule is O=C(Cc1c[nH]c2ccc(F)cc12)N[C@@H](Cc1cc(F)cc(F)c1)c1ncccc1-c1ccc(-c2ccccc2)cc1. The van der Waals surface area contributed by atoms with E-state index in [2.05, 4.69) is 15.3 Å². The van der Waals surface area contributed by atoms with Crippen molar-refractivity contribution in [3.05, 3.63) is 150 Å². The Labute approximate surface area is 240 Å². The zero-order valence-electron chi connectivity index (χ0n) is 22.5. The van der Waals surface area contributed by atoms with Gasteiger partial charge >= 0.3 is 0 Å². The maximum atomic E-state index is 14.1. The minimum absolute atomic E-state index is 0.0224. The maximum Gasteiger partial charge on any atom is 0.225 e. The van der Waals surface area contributed by atoms with Gasteiger partial charge in [-0.15, -0.1) is 0 Å². The minimum Gasteiger partial charge on any atom is -0.361 e. The number of amides is 1. The van der Waals surface area contributed by atoms with Crippen LogP contribution in [-0.4, -0.2) is 15.9 Å². The Bertz CT molecular complexity index is 1850. The Balaban J connectivity index is 1.34. The molecule has 42 heavy (non-hydrogen) atoms. The average Bonchev–Trinajstić information content (AvgIpc) is 3.38. The van der Waals surface area contributed by atoms with Gasteiger partial charge in [0.05, 0.1) is 18.2 Å². The molecule has 2 aromatic heterocycles. The molecule has 2 heterocycles. The highest BCUT2D eigenvalue weighted by molar-refractivity contribution is 5.89. The lowest BCUT2D eigenvalue weighted by Crippen LogP contribution is -2.32. The van der Waals surface area contributed by atoms with Gasteiger partial charge in [0.15, 0.2) is 0 Å². The molecule has 0 spiro atoms. The van der Waals surface area contributed by atoms with Gasteiger partial charge in [-0.05, 0) is 70.6 Å². The van der Waals surface area contributed by atoms with Crippen LogP contribution in [0.15, 0.2) is 116 Å². The summed E-state index contributed by atoms with van der Waals surface area (Å²) >= 11 is 0. The lowest BCUT2D eigenvalue weighted by atomic mass is 9.94. The molecular weight excluding hydrogens is 535 g/mol. The average molecular weight is 562 g/mol. The van der Waals surface area contributed by atoms with Crippen molar-refractivity contribution in [1.29, 1.82) is 0 Å². The van der Waals surface area contributed by atoms with E-state index in [1.54, 1.807) is 18.5 Å². The van der Waals surface area contributed by atoms with Gasteiger partial charge in [-0.2, -0.15) is 0 Å². The highest BCUT2D eigenvalue weighted by atomic mass is 19.1. The monoisotopic (exact) mass is 561 g/mol. The number of aromatic nitrogens is 2. The molecule has 4 nitrogen and oxygen atoms in total. The minimum atomic E-state index is -0.703. The van der Waals surface area contributed by atoms with Crippen LogP contribution in [0.3, 0.4) is 0 Å². The first kappa shape index (κ1) is 27.0. The van der Waals surface area contributed by atoms with E-state index >= 15 is 0 Å². The summed E-state index contributed by atoms with van der Waals surface area (Å²) in [5.74, 6) is -2.13. The van der Waals surface area contributed by atoms with Crippen LogP contribution < -0.4 is 5.32 Å². The Morgan fingerprint density at radius 2 is 1.48 bits per heavy atom. The topological polar surface area (TPSA) is 57.8 Å². The molecule has 0 radical (unpaired) electrons. The van der Waals surface area contributed by atoms with Gasteiger partial charge in [0.25, 0.3) is 0 Å². The first-order valence-electron chi connectivity index (χ1n) is 13.5. The van der Waals surface area contributed by atoms with Crippen LogP contribution in [0.2, 0.25) is 0 Å². The predicted octanol–water partition coefficient (Wildman–Crippen LogP) is 7.96. The zero-order valence-corrected chi connectivity index (χ0v) is 22.5. The number of H-pyrrole nitrogens is 1. The summed E-state index contributed by atoms with van der Waals surface area (Å²) in [5, 5.41) is 3.65. The molecule has 0 bridgehead atoms. The van der Waals surface area contributed by atoms with E-state index in [9.17, 15) is 18.0 Å². The molecular formula is C35H26F3N3O. The molecule has 0 aliphatic rings. The lowest BCUT2D eigenvalue weighted by Gasteiger charge is -2.22. The molecule has 6 rings (SSSR count). The van der Waals surface area contributed by atoms with Crippen LogP contribution in [0, 0.1) is 17.5 Å². The molecule has 0 fully saturated rings. The van der Waals surface area contributed by atoms with Crippen LogP contribution >= 0.6 is 0 Å². The van der Waals surface area contributed by atoms with Crippen molar-refractivity contribution in [2.45, 2.75) is 18.9 Å². The van der Waals surface area contributed by atoms with E-state index in [1.165, 1.54) is 24.3 Å². The molecule has 7 heteroatoms. The fourth-order valence-corrected chi connectivity index (χ4v) is 5.31. The summed E-state index contributed by atoms with van der Waals surface area (Å²) in [6.45, 7) is 0. The van der Waals surface area contributed by atoms with Crippen LogP contribution in [0.5, 0.6) is 0 Å². The number of rotatable bonds is 8. The number of hydrogen-bond acceptors (Lipinski definition) is 2. The van der Waals surface area contributed by atoms with Gasteiger partial charge < -0.3 is 10.3 Å². The molecule has 0 aliphatic heterocycles. The second-order valence-corrected chi connectivity index (χ2v) is 10.2. The summed E-state index contributed by atoms with van der Waals surface area (Å²) in [5.41, 5.74) is 6.11. The summed E-state index contributed by atoms with van der Waals surface area (Å²) in [4.78, 5) is 21.1. The third-order valence-corrected chi connectivity index (χ3v) is 7.25. The Morgan fingerprint density at radius 1 is 0.762 bits per heavy atom. The Hall–Kier alpha value is -5.17. The molecule has 0 aliphatic carbocycles. The largest absolute Gasteiger partial charge is 0.361 e. The lowest BCUT2D eigenvalue weighted by molar-refractivity contribution is -0.121. The number of pyridine rings is 1. The molecule has 0 unspecified atom stereocenters. The second-order valence-electron chi connectivity index (χ2n) is 10.2. The van der Waals surface area contributed by atoms with Crippen LogP contribution in [-0.2, 0) is 17.6 Å². The summed E-state index contributed by atoms with van der Waals surface area (Å²) in [6.07, 6.45) is 3.40. The van der Waals surface area contributed by atoms with Crippen molar-refractivity contribution in [1.82, 2.24) is 15.3 Å². The highest BCUT2D eigenvalue weighted by Gasteiger charge is 2.22. The molecule has 208 valence electrons. The molecule has 2 N–H and O–H groups in total. The molecule has 1 amide bonds. The number of hydrogen-bond donors (Lipinski definition) is 2. The molecule has 4 aromatic carbocycles. The first-order valence-corrected chi connectivity index (χ1v) is 13.5. The fourth-order valence-electron chi connectivity index (χ4n) is 5.31. The van der Waals surface area contributed by atoms with E-state index in [-0.39, 0.29) is 18.7 Å². The van der Waals surface area contributed by atoms with Crippen molar-refractivity contribution >= 4 is 16.8 Å². The second kappa shape index (κ2) is 11.7. The summed E-state index contributed by atoms with van der Waals surface area (Å²) < 4.78 is 42.2. The number of fused-ring (bicyclic) bond motifs is 1. The van der Waals surface area contributed by atoms with E-state index in [0.29, 0.717) is 22.2 Å². The quantitative estimate of drug-likeness (QED) is 0.198. The van der Waals surface area contributed by atoms with Crippen molar-refractivity contribution in [3.8, 4) is 22.3 Å². The van der Waals surface area contributed by atoms with Gasteiger partial charge in [0, 0.05) is 34.9 Å². The third-order valence-electron chi connectivity index (χ3n) is 7.25. The number of carbonyl (C=O) groups is 1. The predicted molar refractivity (Wildman–Crippen MR) is 158 cm³/mol. The van der Waals surface area contributed by atoms with Crippen LogP contribution in [0.1, 0.15) is 22.9 Å². The number of nitrogens with zero attached hydrogens (tertiary/aromatic N) is 1. The van der Waals surface area contributed by atoms with E-state index in [0.717, 1.165) is 33.8 Å². The van der Waals surface area contributed by atoms with Crippen molar-refractivity contribution in [2.75, 3.05) is 0 Å². The van der Waals surface area contributed by atoms with Crippen LogP contribution in [0.4, 0.5) is 13.2 Å². The molecule has 1 atom stereocenters. The standard InChI is InChI=1S/C35H26F3N3O/c36-27-12-13-32-31(20-27)26(21-40-32)18-34(42)41-33(17-22-15-28(37)19-29(38)16-22)35-30(7-4-14-39-35)25-10-8-24(9-11-25)23-5-2-1-3-6-23/h1-16,19-21,33,40H,17-18H2,(H,41,42)/t33-/m0/s1. The third kappa shape index (κ3) is 5.95.